The van der Waals surface area contributed by atoms with Gasteiger partial charge in [-0.3, -0.25) is 4.57 Å². The zero-order valence-electron chi connectivity index (χ0n) is 10.8. The van der Waals surface area contributed by atoms with Crippen LogP contribution in [0.2, 0.25) is 0 Å². The first kappa shape index (κ1) is 13.8. The fraction of sp³-hybridized carbons (Fsp3) is 0.571. The first-order valence-corrected chi connectivity index (χ1v) is 8.87. The molecule has 1 aromatic rings. The van der Waals surface area contributed by atoms with Crippen molar-refractivity contribution < 1.29 is 14.4 Å². The Bertz CT molecular complexity index is 402. The third-order valence-corrected chi connectivity index (χ3v) is 5.49. The lowest BCUT2D eigenvalue weighted by Crippen LogP contribution is -3.12. The number of hydrogen-bond acceptors (Lipinski definition) is 1. The highest BCUT2D eigenvalue weighted by molar-refractivity contribution is 7.57. The van der Waals surface area contributed by atoms with Gasteiger partial charge < -0.3 is 9.79 Å². The van der Waals surface area contributed by atoms with Crippen molar-refractivity contribution in [3.05, 3.63) is 35.9 Å². The molecule has 3 nitrogen and oxygen atoms in total. The van der Waals surface area contributed by atoms with E-state index in [1.807, 2.05) is 30.3 Å². The van der Waals surface area contributed by atoms with E-state index in [-0.39, 0.29) is 0 Å². The number of hydrogen-bond donors (Lipinski definition) is 2. The smallest absolute Gasteiger partial charge is 0.253 e. The van der Waals surface area contributed by atoms with Gasteiger partial charge in [0.25, 0.3) is 7.37 Å². The molecule has 0 aliphatic carbocycles. The van der Waals surface area contributed by atoms with Crippen LogP contribution in [0.1, 0.15) is 24.8 Å². The molecule has 0 amide bonds. The van der Waals surface area contributed by atoms with E-state index in [9.17, 15) is 9.46 Å². The van der Waals surface area contributed by atoms with E-state index in [1.54, 1.807) is 0 Å². The van der Waals surface area contributed by atoms with Crippen molar-refractivity contribution in [2.24, 2.45) is 0 Å². The van der Waals surface area contributed by atoms with Crippen molar-refractivity contribution in [2.75, 3.05) is 25.5 Å². The Hall–Kier alpha value is -0.630. The summed E-state index contributed by atoms with van der Waals surface area (Å²) in [6.07, 6.45) is 5.27. The van der Waals surface area contributed by atoms with Crippen LogP contribution in [0.5, 0.6) is 0 Å². The zero-order chi connectivity index (χ0) is 12.8. The van der Waals surface area contributed by atoms with Gasteiger partial charge in [-0.25, -0.2) is 0 Å². The summed E-state index contributed by atoms with van der Waals surface area (Å²) in [5, 5.41) is 0. The van der Waals surface area contributed by atoms with Crippen molar-refractivity contribution in [3.63, 3.8) is 0 Å². The van der Waals surface area contributed by atoms with E-state index in [1.165, 1.54) is 24.2 Å². The van der Waals surface area contributed by atoms with E-state index < -0.39 is 7.37 Å². The van der Waals surface area contributed by atoms with Gasteiger partial charge in [-0.15, -0.1) is 0 Å². The van der Waals surface area contributed by atoms with Crippen LogP contribution in [0.15, 0.2) is 30.3 Å². The highest BCUT2D eigenvalue weighted by atomic mass is 31.2. The van der Waals surface area contributed by atoms with Gasteiger partial charge in [0.15, 0.2) is 6.29 Å². The zero-order valence-corrected chi connectivity index (χ0v) is 11.7. The molecular weight excluding hydrogens is 245 g/mol. The van der Waals surface area contributed by atoms with Crippen LogP contribution in [0, 0.1) is 0 Å². The van der Waals surface area contributed by atoms with Crippen LogP contribution >= 0.6 is 7.37 Å². The summed E-state index contributed by atoms with van der Waals surface area (Å²) in [6, 6.07) is 9.97. The normalized spacial score (nSPS) is 20.5. The fourth-order valence-electron chi connectivity index (χ4n) is 2.59. The molecule has 1 aliphatic rings. The first-order valence-electron chi connectivity index (χ1n) is 6.84. The molecule has 1 saturated heterocycles. The van der Waals surface area contributed by atoms with E-state index in [4.69, 9.17) is 0 Å². The lowest BCUT2D eigenvalue weighted by molar-refractivity contribution is -0.893. The Labute approximate surface area is 109 Å². The number of aryl methyl sites for hydroxylation is 1. The van der Waals surface area contributed by atoms with E-state index in [2.05, 4.69) is 0 Å². The van der Waals surface area contributed by atoms with Gasteiger partial charge in [-0.2, -0.15) is 0 Å². The monoisotopic (exact) mass is 268 g/mol. The van der Waals surface area contributed by atoms with Crippen LogP contribution in [0.25, 0.3) is 0 Å². The lowest BCUT2D eigenvalue weighted by atomic mass is 10.1. The molecule has 1 atom stereocenters. The molecular formula is C14H23NO2P+. The maximum absolute atomic E-state index is 12.2. The Morgan fingerprint density at radius 3 is 2.44 bits per heavy atom. The summed E-state index contributed by atoms with van der Waals surface area (Å²) in [5.41, 5.74) is 1.15. The molecule has 1 unspecified atom stereocenters. The number of quaternary nitrogens is 1. The second kappa shape index (κ2) is 6.51. The van der Waals surface area contributed by atoms with Crippen LogP contribution in [-0.4, -0.2) is 30.4 Å². The van der Waals surface area contributed by atoms with Crippen molar-refractivity contribution in [3.8, 4) is 0 Å². The van der Waals surface area contributed by atoms with Crippen molar-refractivity contribution in [2.45, 2.75) is 25.7 Å². The van der Waals surface area contributed by atoms with Gasteiger partial charge in [0, 0.05) is 6.16 Å². The van der Waals surface area contributed by atoms with Gasteiger partial charge in [-0.1, -0.05) is 30.3 Å². The molecule has 1 fully saturated rings. The van der Waals surface area contributed by atoms with Crippen molar-refractivity contribution >= 4 is 7.37 Å². The largest absolute Gasteiger partial charge is 0.340 e. The summed E-state index contributed by atoms with van der Waals surface area (Å²) in [6.45, 7) is 2.13. The molecule has 1 aromatic carbocycles. The fourth-order valence-corrected chi connectivity index (χ4v) is 4.37. The first-order chi connectivity index (χ1) is 8.66. The Morgan fingerprint density at radius 1 is 1.11 bits per heavy atom. The quantitative estimate of drug-likeness (QED) is 0.795. The lowest BCUT2D eigenvalue weighted by Gasteiger charge is -2.25. The summed E-state index contributed by atoms with van der Waals surface area (Å²) >= 11 is 0. The molecule has 0 spiro atoms. The van der Waals surface area contributed by atoms with Gasteiger partial charge in [0.1, 0.15) is 0 Å². The van der Waals surface area contributed by atoms with Crippen LogP contribution in [0.3, 0.4) is 0 Å². The molecule has 0 bridgehead atoms. The number of rotatable bonds is 5. The summed E-state index contributed by atoms with van der Waals surface area (Å²) in [5.74, 6) is 0. The molecule has 4 heteroatoms. The minimum Gasteiger partial charge on any atom is -0.340 e. The number of likely N-dealkylation sites (tertiary alicyclic amines) is 1. The maximum atomic E-state index is 12.2. The van der Waals surface area contributed by atoms with E-state index in [0.29, 0.717) is 18.9 Å². The van der Waals surface area contributed by atoms with Crippen molar-refractivity contribution in [1.82, 2.24) is 0 Å². The Balaban J connectivity index is 1.81. The van der Waals surface area contributed by atoms with Crippen LogP contribution in [-0.2, 0) is 11.0 Å². The predicted molar refractivity (Wildman–Crippen MR) is 74.3 cm³/mol. The molecule has 0 aromatic heterocycles. The second-order valence-corrected chi connectivity index (χ2v) is 7.73. The highest BCUT2D eigenvalue weighted by Crippen LogP contribution is 2.38. The minimum absolute atomic E-state index is 0.417. The Morgan fingerprint density at radius 2 is 1.78 bits per heavy atom. The molecule has 1 aliphatic heterocycles. The van der Waals surface area contributed by atoms with Gasteiger partial charge >= 0.3 is 0 Å². The number of benzene rings is 1. The Kier molecular flexibility index (Phi) is 4.99. The molecule has 1 heterocycles. The summed E-state index contributed by atoms with van der Waals surface area (Å²) in [7, 11) is -2.96. The third-order valence-electron chi connectivity index (χ3n) is 3.62. The predicted octanol–water partition coefficient (Wildman–Crippen LogP) is 1.53. The van der Waals surface area contributed by atoms with Crippen molar-refractivity contribution in [1.29, 1.82) is 0 Å². The van der Waals surface area contributed by atoms with E-state index >= 15 is 0 Å². The third kappa shape index (κ3) is 4.56. The van der Waals surface area contributed by atoms with Crippen LogP contribution in [0.4, 0.5) is 0 Å². The topological polar surface area (TPSA) is 41.7 Å². The summed E-state index contributed by atoms with van der Waals surface area (Å²) < 4.78 is 12.2. The van der Waals surface area contributed by atoms with Crippen LogP contribution < -0.4 is 4.90 Å². The molecule has 18 heavy (non-hydrogen) atoms. The van der Waals surface area contributed by atoms with Gasteiger partial charge in [-0.05, 0) is 31.2 Å². The maximum Gasteiger partial charge on any atom is 0.253 e. The van der Waals surface area contributed by atoms with E-state index in [0.717, 1.165) is 18.7 Å². The number of nitrogens with one attached hydrogen (secondary N) is 1. The number of piperidine rings is 1. The SMILES string of the molecule is O=P(O)(CCc1ccccc1)C[NH+]1CCCCC1. The molecule has 2 N–H and O–H groups in total. The minimum atomic E-state index is -2.96. The molecule has 100 valence electrons. The average Bonchev–Trinajstić information content (AvgIpc) is 2.38. The second-order valence-electron chi connectivity index (χ2n) is 5.27. The highest BCUT2D eigenvalue weighted by Gasteiger charge is 2.26. The molecule has 0 radical (unpaired) electrons. The van der Waals surface area contributed by atoms with Gasteiger partial charge in [0.05, 0.1) is 13.1 Å². The van der Waals surface area contributed by atoms with Gasteiger partial charge in [0.2, 0.25) is 0 Å². The molecule has 2 rings (SSSR count). The summed E-state index contributed by atoms with van der Waals surface area (Å²) in [4.78, 5) is 11.4. The molecule has 0 saturated carbocycles. The standard InChI is InChI=1S/C14H22NO2P/c16-18(17,13-15-10-5-2-6-11-15)12-9-14-7-3-1-4-8-14/h1,3-4,7-8H,2,5-6,9-13H2,(H,16,17)/p+1. The average molecular weight is 268 g/mol.